The Kier molecular flexibility index (Phi) is 6.09. The Bertz CT molecular complexity index is 319. The molecule has 1 N–H and O–H groups in total. The van der Waals surface area contributed by atoms with Crippen molar-refractivity contribution in [1.29, 1.82) is 0 Å². The fraction of sp³-hybridized carbons (Fsp3) is 0.625. The van der Waals surface area contributed by atoms with E-state index in [1.807, 2.05) is 0 Å². The lowest BCUT2D eigenvalue weighted by Crippen LogP contribution is -2.33. The highest BCUT2D eigenvalue weighted by atomic mass is 32.2. The van der Waals surface area contributed by atoms with Crippen LogP contribution in [0.2, 0.25) is 0 Å². The minimum Gasteiger partial charge on any atom is -0.313 e. The zero-order valence-corrected chi connectivity index (χ0v) is 12.2. The molecule has 2 unspecified atom stereocenters. The highest BCUT2D eigenvalue weighted by molar-refractivity contribution is 7.99. The first kappa shape index (κ1) is 14.0. The van der Waals surface area contributed by atoms with Crippen molar-refractivity contribution in [3.63, 3.8) is 0 Å². The maximum Gasteiger partial charge on any atom is 0.0172 e. The third kappa shape index (κ3) is 5.03. The predicted molar refractivity (Wildman–Crippen MR) is 82.3 cm³/mol. The summed E-state index contributed by atoms with van der Waals surface area (Å²) in [6.07, 6.45) is 6.68. The SMILES string of the molecule is CC(CCc1ccccc1)NCC1CCCCS1. The summed E-state index contributed by atoms with van der Waals surface area (Å²) in [4.78, 5) is 0. The number of rotatable bonds is 6. The highest BCUT2D eigenvalue weighted by Gasteiger charge is 2.14. The molecule has 1 aromatic rings. The molecule has 0 bridgehead atoms. The van der Waals surface area contributed by atoms with E-state index in [-0.39, 0.29) is 0 Å². The van der Waals surface area contributed by atoms with E-state index in [0.717, 1.165) is 5.25 Å². The van der Waals surface area contributed by atoms with Gasteiger partial charge in [-0.3, -0.25) is 0 Å². The van der Waals surface area contributed by atoms with Gasteiger partial charge < -0.3 is 5.32 Å². The van der Waals surface area contributed by atoms with Crippen molar-refractivity contribution < 1.29 is 0 Å². The van der Waals surface area contributed by atoms with Crippen LogP contribution in [0.15, 0.2) is 30.3 Å². The first-order valence-electron chi connectivity index (χ1n) is 7.23. The van der Waals surface area contributed by atoms with Gasteiger partial charge in [-0.25, -0.2) is 0 Å². The van der Waals surface area contributed by atoms with Crippen LogP contribution in [0.25, 0.3) is 0 Å². The van der Waals surface area contributed by atoms with E-state index in [9.17, 15) is 0 Å². The van der Waals surface area contributed by atoms with Crippen LogP contribution in [0.1, 0.15) is 38.2 Å². The van der Waals surface area contributed by atoms with Crippen molar-refractivity contribution in [2.75, 3.05) is 12.3 Å². The summed E-state index contributed by atoms with van der Waals surface area (Å²) in [5.41, 5.74) is 1.46. The molecule has 2 rings (SSSR count). The predicted octanol–water partition coefficient (Wildman–Crippen LogP) is 3.88. The van der Waals surface area contributed by atoms with Crippen molar-refractivity contribution in [3.05, 3.63) is 35.9 Å². The van der Waals surface area contributed by atoms with Crippen LogP contribution in [-0.2, 0) is 6.42 Å². The quantitative estimate of drug-likeness (QED) is 0.836. The van der Waals surface area contributed by atoms with E-state index < -0.39 is 0 Å². The summed E-state index contributed by atoms with van der Waals surface area (Å²) in [7, 11) is 0. The monoisotopic (exact) mass is 263 g/mol. The van der Waals surface area contributed by atoms with Gasteiger partial charge in [0.25, 0.3) is 0 Å². The van der Waals surface area contributed by atoms with E-state index in [1.165, 1.54) is 50.0 Å². The zero-order valence-electron chi connectivity index (χ0n) is 11.4. The lowest BCUT2D eigenvalue weighted by Gasteiger charge is -2.23. The molecule has 2 heteroatoms. The molecule has 1 saturated heterocycles. The molecular formula is C16H25NS. The molecule has 0 amide bonds. The fourth-order valence-corrected chi connectivity index (χ4v) is 3.68. The van der Waals surface area contributed by atoms with Crippen molar-refractivity contribution in [2.45, 2.75) is 50.3 Å². The van der Waals surface area contributed by atoms with E-state index >= 15 is 0 Å². The Morgan fingerprint density at radius 3 is 2.83 bits per heavy atom. The second kappa shape index (κ2) is 7.85. The average Bonchev–Trinajstić information content (AvgIpc) is 2.45. The number of thioether (sulfide) groups is 1. The molecule has 0 radical (unpaired) electrons. The minimum absolute atomic E-state index is 0.632. The van der Waals surface area contributed by atoms with Gasteiger partial charge in [0, 0.05) is 17.8 Å². The van der Waals surface area contributed by atoms with Gasteiger partial charge in [0.05, 0.1) is 0 Å². The Labute approximate surface area is 116 Å². The maximum absolute atomic E-state index is 3.70. The number of nitrogens with one attached hydrogen (secondary N) is 1. The summed E-state index contributed by atoms with van der Waals surface area (Å²) in [5.74, 6) is 1.37. The third-order valence-electron chi connectivity index (χ3n) is 3.68. The first-order chi connectivity index (χ1) is 8.84. The third-order valence-corrected chi connectivity index (χ3v) is 5.07. The van der Waals surface area contributed by atoms with Gasteiger partial charge >= 0.3 is 0 Å². The van der Waals surface area contributed by atoms with Crippen LogP contribution in [0, 0.1) is 0 Å². The van der Waals surface area contributed by atoms with Gasteiger partial charge in [-0.1, -0.05) is 36.8 Å². The van der Waals surface area contributed by atoms with Crippen LogP contribution in [0.5, 0.6) is 0 Å². The summed E-state index contributed by atoms with van der Waals surface area (Å²) in [6, 6.07) is 11.4. The van der Waals surface area contributed by atoms with E-state index in [1.54, 1.807) is 0 Å². The number of aryl methyl sites for hydroxylation is 1. The van der Waals surface area contributed by atoms with Gasteiger partial charge in [-0.2, -0.15) is 11.8 Å². The van der Waals surface area contributed by atoms with Crippen LogP contribution >= 0.6 is 11.8 Å². The molecular weight excluding hydrogens is 238 g/mol. The second-order valence-corrected chi connectivity index (χ2v) is 6.73. The minimum atomic E-state index is 0.632. The van der Waals surface area contributed by atoms with Crippen molar-refractivity contribution in [1.82, 2.24) is 5.32 Å². The Hall–Kier alpha value is -0.470. The topological polar surface area (TPSA) is 12.0 Å². The molecule has 1 fully saturated rings. The average molecular weight is 263 g/mol. The zero-order chi connectivity index (χ0) is 12.6. The Morgan fingerprint density at radius 2 is 2.11 bits per heavy atom. The van der Waals surface area contributed by atoms with Gasteiger partial charge in [0.1, 0.15) is 0 Å². The molecule has 1 nitrogen and oxygen atoms in total. The van der Waals surface area contributed by atoms with Crippen molar-refractivity contribution in [3.8, 4) is 0 Å². The Balaban J connectivity index is 1.61. The molecule has 1 aliphatic rings. The first-order valence-corrected chi connectivity index (χ1v) is 8.28. The molecule has 0 saturated carbocycles. The van der Waals surface area contributed by atoms with E-state index in [0.29, 0.717) is 6.04 Å². The number of hydrogen-bond acceptors (Lipinski definition) is 2. The molecule has 0 spiro atoms. The molecule has 0 aromatic heterocycles. The molecule has 1 heterocycles. The summed E-state index contributed by atoms with van der Waals surface area (Å²) in [6.45, 7) is 3.51. The molecule has 1 aromatic carbocycles. The normalized spacial score (nSPS) is 21.7. The number of hydrogen-bond donors (Lipinski definition) is 1. The lowest BCUT2D eigenvalue weighted by molar-refractivity contribution is 0.497. The lowest BCUT2D eigenvalue weighted by atomic mass is 10.1. The van der Waals surface area contributed by atoms with Gasteiger partial charge in [-0.15, -0.1) is 0 Å². The van der Waals surface area contributed by atoms with E-state index in [4.69, 9.17) is 0 Å². The Morgan fingerprint density at radius 1 is 1.28 bits per heavy atom. The van der Waals surface area contributed by atoms with Crippen LogP contribution in [-0.4, -0.2) is 23.6 Å². The number of benzene rings is 1. The molecule has 0 aliphatic carbocycles. The highest BCUT2D eigenvalue weighted by Crippen LogP contribution is 2.24. The molecule has 2 atom stereocenters. The van der Waals surface area contributed by atoms with Gasteiger partial charge in [-0.05, 0) is 43.9 Å². The van der Waals surface area contributed by atoms with Gasteiger partial charge in [0.2, 0.25) is 0 Å². The second-order valence-electron chi connectivity index (χ2n) is 5.32. The fourth-order valence-electron chi connectivity index (χ4n) is 2.43. The summed E-state index contributed by atoms with van der Waals surface area (Å²) < 4.78 is 0. The van der Waals surface area contributed by atoms with Crippen LogP contribution in [0.4, 0.5) is 0 Å². The van der Waals surface area contributed by atoms with E-state index in [2.05, 4.69) is 54.3 Å². The van der Waals surface area contributed by atoms with Crippen LogP contribution in [0.3, 0.4) is 0 Å². The maximum atomic E-state index is 3.70. The molecule has 18 heavy (non-hydrogen) atoms. The van der Waals surface area contributed by atoms with Crippen molar-refractivity contribution in [2.24, 2.45) is 0 Å². The summed E-state index contributed by atoms with van der Waals surface area (Å²) in [5, 5.41) is 4.56. The van der Waals surface area contributed by atoms with Crippen molar-refractivity contribution >= 4 is 11.8 Å². The standard InChI is InChI=1S/C16H25NS/c1-14(10-11-15-7-3-2-4-8-15)17-13-16-9-5-6-12-18-16/h2-4,7-8,14,16-17H,5-6,9-13H2,1H3. The van der Waals surface area contributed by atoms with Gasteiger partial charge in [0.15, 0.2) is 0 Å². The largest absolute Gasteiger partial charge is 0.313 e. The van der Waals surface area contributed by atoms with Crippen LogP contribution < -0.4 is 5.32 Å². The smallest absolute Gasteiger partial charge is 0.0172 e. The summed E-state index contributed by atoms with van der Waals surface area (Å²) >= 11 is 2.16. The molecule has 1 aliphatic heterocycles. The molecule has 100 valence electrons.